The zero-order valence-electron chi connectivity index (χ0n) is 25.4. The van der Waals surface area contributed by atoms with Crippen LogP contribution in [0.4, 0.5) is 5.69 Å². The van der Waals surface area contributed by atoms with Crippen LogP contribution in [0.25, 0.3) is 0 Å². The van der Waals surface area contributed by atoms with Gasteiger partial charge in [0.05, 0.1) is 15.2 Å². The molecule has 0 fully saturated rings. The largest absolute Gasteiger partial charge is 0.371 e. The van der Waals surface area contributed by atoms with E-state index >= 15 is 0 Å². The molecule has 0 aliphatic carbocycles. The normalized spacial score (nSPS) is 12.4. The van der Waals surface area contributed by atoms with Gasteiger partial charge >= 0.3 is 15.8 Å². The van der Waals surface area contributed by atoms with Gasteiger partial charge in [-0.1, -0.05) is 70.8 Å². The van der Waals surface area contributed by atoms with Crippen LogP contribution in [0.2, 0.25) is 0 Å². The van der Waals surface area contributed by atoms with E-state index in [4.69, 9.17) is 8.47 Å². The first-order valence-electron chi connectivity index (χ1n) is 14.0. The molecule has 0 saturated carbocycles. The molecule has 5 aromatic carbocycles. The van der Waals surface area contributed by atoms with E-state index in [0.29, 0.717) is 14.7 Å². The molecule has 0 spiro atoms. The molecule has 0 saturated heterocycles. The summed E-state index contributed by atoms with van der Waals surface area (Å²) in [6, 6.07) is 31.1. The van der Waals surface area contributed by atoms with Gasteiger partial charge in [0.15, 0.2) is 0 Å². The van der Waals surface area contributed by atoms with Crippen LogP contribution >= 0.6 is 10.3 Å². The summed E-state index contributed by atoms with van der Waals surface area (Å²) in [5, 5.41) is 0. The third kappa shape index (κ3) is 6.85. The van der Waals surface area contributed by atoms with Crippen molar-refractivity contribution >= 4 is 36.2 Å². The molecule has 238 valence electrons. The zero-order chi connectivity index (χ0) is 33.3. The minimum absolute atomic E-state index is 0.0591. The fraction of sp³-hybridized carbons (Fsp3) is 0.118. The number of aryl methyl sites for hydroxylation is 4. The Morgan fingerprint density at radius 1 is 0.522 bits per heavy atom. The van der Waals surface area contributed by atoms with Crippen molar-refractivity contribution in [3.05, 3.63) is 142 Å². The van der Waals surface area contributed by atoms with Crippen LogP contribution in [-0.4, -0.2) is 26.3 Å². The number of benzene rings is 5. The fourth-order valence-electron chi connectivity index (χ4n) is 4.61. The molecule has 0 aliphatic rings. The lowest BCUT2D eigenvalue weighted by atomic mass is 10.2. The molecule has 0 amide bonds. The van der Waals surface area contributed by atoms with E-state index in [1.165, 1.54) is 12.1 Å². The highest BCUT2D eigenvalue weighted by Gasteiger charge is 2.43. The molecule has 46 heavy (non-hydrogen) atoms. The van der Waals surface area contributed by atoms with Crippen molar-refractivity contribution in [2.75, 3.05) is 0 Å². The minimum Gasteiger partial charge on any atom is -0.371 e. The van der Waals surface area contributed by atoms with Gasteiger partial charge < -0.3 is 4.18 Å². The predicted molar refractivity (Wildman–Crippen MR) is 176 cm³/mol. The summed E-state index contributed by atoms with van der Waals surface area (Å²) in [4.78, 5) is 15.5. The van der Waals surface area contributed by atoms with Gasteiger partial charge in [0, 0.05) is 20.8 Å². The van der Waals surface area contributed by atoms with Gasteiger partial charge in [-0.15, -0.1) is 0 Å². The fourth-order valence-corrected chi connectivity index (χ4v) is 8.97. The Hall–Kier alpha value is -4.49. The Morgan fingerprint density at radius 2 is 0.870 bits per heavy atom. The predicted octanol–water partition coefficient (Wildman–Crippen LogP) is 8.17. The number of rotatable bonds is 10. The SMILES string of the molecule is Cc1ccc(S(O[N+](=O)c2cc(S(=O)(=O)O)ccc2OS(=O)(=O)c2ccc(C)cc2)(c2ccc(C)cc2)c2ccc(C)cc2)cc1. The zero-order valence-corrected chi connectivity index (χ0v) is 27.9. The Morgan fingerprint density at radius 3 is 1.24 bits per heavy atom. The Labute approximate surface area is 270 Å². The van der Waals surface area contributed by atoms with Gasteiger partial charge in [0.2, 0.25) is 5.75 Å². The summed E-state index contributed by atoms with van der Waals surface area (Å²) in [6.45, 7) is 7.58. The first-order valence-corrected chi connectivity index (χ1v) is 18.4. The summed E-state index contributed by atoms with van der Waals surface area (Å²) in [6.07, 6.45) is 0. The lowest BCUT2D eigenvalue weighted by molar-refractivity contribution is -0.697. The topological polar surface area (TPSA) is 127 Å². The van der Waals surface area contributed by atoms with E-state index in [-0.39, 0.29) is 9.82 Å². The van der Waals surface area contributed by atoms with Crippen molar-refractivity contribution in [3.63, 3.8) is 0 Å². The molecular weight excluding hydrogens is 647 g/mol. The number of hydrogen-bond donors (Lipinski definition) is 1. The maximum absolute atomic E-state index is 14.3. The Kier molecular flexibility index (Phi) is 9.09. The summed E-state index contributed by atoms with van der Waals surface area (Å²) in [5.41, 5.74) is 3.15. The smallest absolute Gasteiger partial charge is 0.362 e. The highest BCUT2D eigenvalue weighted by molar-refractivity contribution is 8.29. The minimum atomic E-state index is -4.81. The molecule has 12 heteroatoms. The quantitative estimate of drug-likeness (QED) is 0.0890. The summed E-state index contributed by atoms with van der Waals surface area (Å²) < 4.78 is 72.5. The van der Waals surface area contributed by atoms with E-state index in [9.17, 15) is 26.3 Å². The third-order valence-corrected chi connectivity index (χ3v) is 12.4. The lowest BCUT2D eigenvalue weighted by Gasteiger charge is -2.34. The second kappa shape index (κ2) is 12.7. The molecule has 0 unspecified atom stereocenters. The van der Waals surface area contributed by atoms with Gasteiger partial charge in [-0.05, 0) is 88.4 Å². The monoisotopic (exact) mass is 678 g/mol. The first-order chi connectivity index (χ1) is 21.7. The van der Waals surface area contributed by atoms with Gasteiger partial charge in [0.1, 0.15) is 9.79 Å². The summed E-state index contributed by atoms with van der Waals surface area (Å²) in [5.74, 6) is -0.506. The standard InChI is InChI=1S/C34H31NO8S3/c1-24-5-13-28(14-6-24)44(29-15-7-25(2)8-16-29,30-17-9-26(3)10-18-30)43-35(36)33-23-32(45(37,38)39)21-22-34(33)42-46(40,41)31-19-11-27(4)12-20-31/h5-23H,1-4H3/p+1. The molecule has 5 rings (SSSR count). The van der Waals surface area contributed by atoms with Crippen molar-refractivity contribution < 1.29 is 34.8 Å². The molecule has 0 aromatic heterocycles. The number of nitrogens with zero attached hydrogens (tertiary/aromatic N) is 1. The van der Waals surface area contributed by atoms with Crippen molar-refractivity contribution in [1.29, 1.82) is 0 Å². The lowest BCUT2D eigenvalue weighted by Crippen LogP contribution is -2.16. The molecule has 0 radical (unpaired) electrons. The van der Waals surface area contributed by atoms with Crippen LogP contribution in [0.15, 0.2) is 140 Å². The average Bonchev–Trinajstić information content (AvgIpc) is 3.01. The van der Waals surface area contributed by atoms with E-state index in [1.807, 2.05) is 93.6 Å². The van der Waals surface area contributed by atoms with Gasteiger partial charge in [-0.2, -0.15) is 21.1 Å². The van der Waals surface area contributed by atoms with E-state index in [2.05, 4.69) is 0 Å². The number of hydrogen-bond acceptors (Lipinski definition) is 7. The van der Waals surface area contributed by atoms with Crippen LogP contribution < -0.4 is 4.18 Å². The highest BCUT2D eigenvalue weighted by atomic mass is 32.3. The van der Waals surface area contributed by atoms with Crippen molar-refractivity contribution in [2.45, 2.75) is 52.2 Å². The van der Waals surface area contributed by atoms with Gasteiger partial charge in [-0.25, -0.2) is 0 Å². The Balaban J connectivity index is 1.73. The van der Waals surface area contributed by atoms with Crippen LogP contribution in [0.5, 0.6) is 5.75 Å². The van der Waals surface area contributed by atoms with Crippen molar-refractivity contribution in [1.82, 2.24) is 0 Å². The molecule has 0 aliphatic heterocycles. The molecule has 0 heterocycles. The van der Waals surface area contributed by atoms with Gasteiger partial charge in [0.25, 0.3) is 15.0 Å². The first kappa shape index (κ1) is 32.9. The van der Waals surface area contributed by atoms with Crippen LogP contribution in [0.3, 0.4) is 0 Å². The van der Waals surface area contributed by atoms with Crippen LogP contribution in [0.1, 0.15) is 22.3 Å². The molecule has 0 bridgehead atoms. The average molecular weight is 679 g/mol. The third-order valence-electron chi connectivity index (χ3n) is 7.17. The van der Waals surface area contributed by atoms with E-state index in [1.54, 1.807) is 19.1 Å². The summed E-state index contributed by atoms with van der Waals surface area (Å²) in [7, 11) is -12.2. The molecule has 1 N–H and O–H groups in total. The van der Waals surface area contributed by atoms with E-state index < -0.39 is 46.9 Å². The highest BCUT2D eigenvalue weighted by Crippen LogP contribution is 2.69. The maximum Gasteiger partial charge on any atom is 0.362 e. The molecule has 5 aromatic rings. The second-order valence-electron chi connectivity index (χ2n) is 10.8. The van der Waals surface area contributed by atoms with Crippen LogP contribution in [-0.2, 0) is 24.5 Å². The Bertz CT molecular complexity index is 2000. The van der Waals surface area contributed by atoms with Crippen molar-refractivity contribution in [3.8, 4) is 5.75 Å². The van der Waals surface area contributed by atoms with Gasteiger partial charge in [-0.3, -0.25) is 4.55 Å². The maximum atomic E-state index is 14.3. The molecular formula is C34H32NO8S3+. The van der Waals surface area contributed by atoms with E-state index in [0.717, 1.165) is 40.5 Å². The van der Waals surface area contributed by atoms with Crippen molar-refractivity contribution in [2.24, 2.45) is 0 Å². The van der Waals surface area contributed by atoms with Crippen LogP contribution in [0, 0.1) is 32.6 Å². The molecule has 9 nitrogen and oxygen atoms in total. The molecule has 0 atom stereocenters. The summed E-state index contributed by atoms with van der Waals surface area (Å²) >= 11 is 0. The second-order valence-corrected chi connectivity index (χ2v) is 16.4.